The first-order valence-corrected chi connectivity index (χ1v) is 20.8. The van der Waals surface area contributed by atoms with E-state index in [0.717, 1.165) is 30.3 Å². The minimum atomic E-state index is -4.28. The number of hydrogen-bond acceptors (Lipinski definition) is 15. The van der Waals surface area contributed by atoms with E-state index in [1.807, 2.05) is 6.20 Å². The zero-order valence-corrected chi connectivity index (χ0v) is 29.5. The number of nitrogens with one attached hydrogen (secondary N) is 1. The van der Waals surface area contributed by atoms with Crippen LogP contribution >= 0.6 is 25.8 Å². The second kappa shape index (κ2) is 14.2. The van der Waals surface area contributed by atoms with Crippen LogP contribution in [0.1, 0.15) is 30.9 Å². The van der Waals surface area contributed by atoms with Gasteiger partial charge in [0.2, 0.25) is 0 Å². The van der Waals surface area contributed by atoms with Crippen molar-refractivity contribution in [2.45, 2.75) is 68.9 Å². The highest BCUT2D eigenvalue weighted by Crippen LogP contribution is 2.52. The third-order valence-corrected chi connectivity index (χ3v) is 11.0. The Morgan fingerprint density at radius 3 is 2.72 bits per heavy atom. The van der Waals surface area contributed by atoms with Crippen molar-refractivity contribution in [3.05, 3.63) is 41.1 Å². The summed E-state index contributed by atoms with van der Waals surface area (Å²) in [6, 6.07) is 0. The predicted octanol–water partition coefficient (Wildman–Crippen LogP) is 0.904. The van der Waals surface area contributed by atoms with Gasteiger partial charge in [-0.2, -0.15) is 0 Å². The van der Waals surface area contributed by atoms with Gasteiger partial charge in [0.1, 0.15) is 48.6 Å². The predicted molar refractivity (Wildman–Crippen MR) is 181 cm³/mol. The molecule has 2 fully saturated rings. The molecule has 6 N–H and O–H groups in total. The Labute approximate surface area is 292 Å². The number of halogens is 1. The van der Waals surface area contributed by atoms with Crippen LogP contribution in [0.25, 0.3) is 22.2 Å². The molecule has 0 bridgehead atoms. The summed E-state index contributed by atoms with van der Waals surface area (Å²) in [4.78, 5) is 50.7. The first kappa shape index (κ1) is 36.0. The number of imidazole rings is 1. The molecule has 19 nitrogen and oxygen atoms in total. The van der Waals surface area contributed by atoms with Crippen molar-refractivity contribution in [2.24, 2.45) is 5.73 Å². The normalized spacial score (nSPS) is 29.2. The Morgan fingerprint density at radius 2 is 1.94 bits per heavy atom. The molecule has 0 spiro atoms. The standard InChI is InChI=1S/C26H34FN9O10P2S2/c27-15-6-14(44-25(15)35-7-13-2-1-4-29-21-17(13)22(35)31-10-30-21)8-43-48(41,50)46-20-19(37)16(9-42-47(39,40)49)45-26(20)36-12-32-18-23(36)33-11-34(5-3-28)24(18)38/h7,10-12,14-16,19-20,25-26,37H,1-6,8-9,28H2,(H,41,50)(H,29,30,31)(H2,39,40,49)/t14-,15+,16+,19+,20+,25+,26+,48?/m0/s1. The van der Waals surface area contributed by atoms with Crippen molar-refractivity contribution < 1.29 is 46.9 Å². The number of nitrogens with zero attached hydrogens (tertiary/aromatic N) is 7. The molecule has 0 radical (unpaired) electrons. The van der Waals surface area contributed by atoms with Crippen LogP contribution in [0.5, 0.6) is 0 Å². The summed E-state index contributed by atoms with van der Waals surface area (Å²) in [7, 11) is 0. The zero-order chi connectivity index (χ0) is 35.4. The van der Waals surface area contributed by atoms with E-state index in [2.05, 4.69) is 37.5 Å². The van der Waals surface area contributed by atoms with Gasteiger partial charge in [-0.05, 0) is 30.2 Å². The second-order valence-corrected chi connectivity index (χ2v) is 17.5. The maximum absolute atomic E-state index is 15.5. The number of aryl methyl sites for hydroxylation is 1. The topological polar surface area (TPSA) is 245 Å². The van der Waals surface area contributed by atoms with Gasteiger partial charge in [0.25, 0.3) is 5.56 Å². The van der Waals surface area contributed by atoms with Crippen molar-refractivity contribution in [2.75, 3.05) is 31.6 Å². The summed E-state index contributed by atoms with van der Waals surface area (Å²) in [5.41, 5.74) is 6.60. The van der Waals surface area contributed by atoms with Gasteiger partial charge in [-0.15, -0.1) is 0 Å². The number of nitrogens with two attached hydrogens (primary N) is 1. The Bertz CT molecular complexity index is 2050. The van der Waals surface area contributed by atoms with E-state index < -0.39 is 68.7 Å². The van der Waals surface area contributed by atoms with Crippen LogP contribution in [0.4, 0.5) is 10.2 Å². The van der Waals surface area contributed by atoms with Gasteiger partial charge >= 0.3 is 13.5 Å². The molecule has 0 saturated carbocycles. The Morgan fingerprint density at radius 1 is 1.12 bits per heavy atom. The molecule has 3 aliphatic rings. The van der Waals surface area contributed by atoms with E-state index in [0.29, 0.717) is 11.5 Å². The van der Waals surface area contributed by atoms with Crippen molar-refractivity contribution >= 4 is 65.6 Å². The Balaban J connectivity index is 1.08. The molecular weight excluding hydrogens is 743 g/mol. The molecule has 50 heavy (non-hydrogen) atoms. The van der Waals surface area contributed by atoms with Crippen LogP contribution < -0.4 is 16.6 Å². The largest absolute Gasteiger partial charge is 0.387 e. The fraction of sp³-hybridized carbons (Fsp3) is 0.577. The first-order valence-electron chi connectivity index (χ1n) is 15.5. The second-order valence-electron chi connectivity index (χ2n) is 11.9. The van der Waals surface area contributed by atoms with Crippen molar-refractivity contribution in [3.8, 4) is 0 Å². The number of anilines is 1. The number of thiol groups is 1. The lowest BCUT2D eigenvalue weighted by atomic mass is 10.1. The lowest BCUT2D eigenvalue weighted by Crippen LogP contribution is -2.35. The van der Waals surface area contributed by atoms with E-state index in [1.165, 1.54) is 28.1 Å². The molecule has 7 rings (SSSR count). The molecule has 4 aromatic heterocycles. The lowest BCUT2D eigenvalue weighted by molar-refractivity contribution is -0.0497. The fourth-order valence-electron chi connectivity index (χ4n) is 6.37. The number of aliphatic hydroxyl groups is 1. The Hall–Kier alpha value is -2.43. The monoisotopic (exact) mass is 777 g/mol. The van der Waals surface area contributed by atoms with E-state index >= 15 is 4.39 Å². The van der Waals surface area contributed by atoms with Gasteiger partial charge in [-0.1, -0.05) is 12.2 Å². The third kappa shape index (κ3) is 7.14. The molecule has 2 saturated heterocycles. The average molecular weight is 778 g/mol. The number of aliphatic hydroxyl groups excluding tert-OH is 1. The summed E-state index contributed by atoms with van der Waals surface area (Å²) in [6.45, 7) is -8.35. The summed E-state index contributed by atoms with van der Waals surface area (Å²) in [5, 5.41) is 15.3. The molecule has 272 valence electrons. The molecule has 24 heteroatoms. The zero-order valence-electron chi connectivity index (χ0n) is 26.0. The van der Waals surface area contributed by atoms with E-state index in [1.54, 1.807) is 4.57 Å². The molecule has 0 aromatic carbocycles. The highest BCUT2D eigenvalue weighted by Gasteiger charge is 2.49. The van der Waals surface area contributed by atoms with Crippen LogP contribution in [0.3, 0.4) is 0 Å². The van der Waals surface area contributed by atoms with Crippen molar-refractivity contribution in [1.29, 1.82) is 0 Å². The van der Waals surface area contributed by atoms with Gasteiger partial charge in [0, 0.05) is 32.3 Å². The summed E-state index contributed by atoms with van der Waals surface area (Å²) < 4.78 is 59.5. The number of alkyl halides is 1. The van der Waals surface area contributed by atoms with Gasteiger partial charge in [-0.25, -0.2) is 28.9 Å². The van der Waals surface area contributed by atoms with Gasteiger partial charge in [0.05, 0.1) is 31.0 Å². The highest BCUT2D eigenvalue weighted by molar-refractivity contribution is 8.44. The van der Waals surface area contributed by atoms with Crippen LogP contribution in [0, 0.1) is 0 Å². The average Bonchev–Trinajstić information content (AvgIpc) is 3.79. The molecule has 3 aliphatic heterocycles. The minimum Gasteiger partial charge on any atom is -0.387 e. The lowest BCUT2D eigenvalue weighted by Gasteiger charge is -2.26. The molecule has 0 aliphatic carbocycles. The van der Waals surface area contributed by atoms with Crippen molar-refractivity contribution in [3.63, 3.8) is 0 Å². The van der Waals surface area contributed by atoms with Crippen LogP contribution in [-0.4, -0.2) is 105 Å². The number of aromatic nitrogens is 7. The molecule has 2 unspecified atom stereocenters. The van der Waals surface area contributed by atoms with Gasteiger partial charge in [0.15, 0.2) is 23.6 Å². The smallest absolute Gasteiger partial charge is 0.383 e. The van der Waals surface area contributed by atoms with E-state index in [-0.39, 0.29) is 37.3 Å². The maximum atomic E-state index is 15.5. The van der Waals surface area contributed by atoms with Crippen molar-refractivity contribution in [1.82, 2.24) is 33.6 Å². The third-order valence-electron chi connectivity index (χ3n) is 8.60. The molecule has 4 aromatic rings. The van der Waals surface area contributed by atoms with Gasteiger partial charge in [-0.3, -0.25) is 23.0 Å². The summed E-state index contributed by atoms with van der Waals surface area (Å²) in [6.07, 6.45) is -1.78. The Kier molecular flexibility index (Phi) is 10.2. The van der Waals surface area contributed by atoms with E-state index in [9.17, 15) is 24.3 Å². The quantitative estimate of drug-likeness (QED) is 0.0864. The number of hydrogen-bond donors (Lipinski definition) is 6. The molecule has 7 heterocycles. The molecule has 0 amide bonds. The van der Waals surface area contributed by atoms with Gasteiger partial charge < -0.3 is 44.5 Å². The maximum Gasteiger partial charge on any atom is 0.383 e. The minimum absolute atomic E-state index is 0.0418. The van der Waals surface area contributed by atoms with Crippen LogP contribution in [0.2, 0.25) is 0 Å². The fourth-order valence-corrected chi connectivity index (χ4v) is 8.35. The van der Waals surface area contributed by atoms with E-state index in [4.69, 9.17) is 40.6 Å². The summed E-state index contributed by atoms with van der Waals surface area (Å²) in [5.74, 6) is 0.678. The highest BCUT2D eigenvalue weighted by atomic mass is 32.7. The molecule has 9 atom stereocenters. The van der Waals surface area contributed by atoms with Crippen LogP contribution in [0.15, 0.2) is 30.0 Å². The first-order chi connectivity index (χ1) is 23.8. The molecular formula is C26H34FN9O10P2S2. The SMILES string of the molecule is NCCn1cnc2c(ncn2[C@@H]2O[C@H](COP(=O)(O)S)[C@@H](O)[C@H]2OP(O)(=S)OC[C@@H]2C[C@@H](F)[C@H](n3cc4c5c(ncnc53)NCCC4)O2)c1=O. The number of rotatable bonds is 12. The number of fused-ring (bicyclic) bond motifs is 1. The summed E-state index contributed by atoms with van der Waals surface area (Å²) >= 11 is 8.77. The number of ether oxygens (including phenoxy) is 2. The van der Waals surface area contributed by atoms with Crippen LogP contribution in [-0.2, 0) is 52.4 Å².